The Hall–Kier alpha value is -2.16. The zero-order chi connectivity index (χ0) is 14.4. The molecule has 2 rings (SSSR count). The first kappa shape index (κ1) is 14.3. The summed E-state index contributed by atoms with van der Waals surface area (Å²) in [7, 11) is 1.68. The lowest BCUT2D eigenvalue weighted by atomic mass is 10.1. The Bertz CT molecular complexity index is 613. The summed E-state index contributed by atoms with van der Waals surface area (Å²) in [6.45, 7) is 4.25. The molecule has 0 aliphatic rings. The zero-order valence-electron chi connectivity index (χ0n) is 11.8. The molecule has 1 aromatic heterocycles. The molecule has 0 radical (unpaired) electrons. The average molecular weight is 270 g/mol. The van der Waals surface area contributed by atoms with Gasteiger partial charge in [0, 0.05) is 32.6 Å². The molecule has 0 spiro atoms. The monoisotopic (exact) mass is 270 g/mol. The van der Waals surface area contributed by atoms with Gasteiger partial charge in [0.25, 0.3) is 0 Å². The summed E-state index contributed by atoms with van der Waals surface area (Å²) in [4.78, 5) is 4.05. The van der Waals surface area contributed by atoms with E-state index in [0.717, 1.165) is 24.3 Å². The van der Waals surface area contributed by atoms with Crippen molar-refractivity contribution in [1.82, 2.24) is 14.9 Å². The summed E-state index contributed by atoms with van der Waals surface area (Å²) in [5.41, 5.74) is 3.31. The van der Waals surface area contributed by atoms with Gasteiger partial charge in [-0.2, -0.15) is 5.26 Å². The van der Waals surface area contributed by atoms with Crippen LogP contribution >= 0.6 is 0 Å². The standard InChI is InChI=1S/C15H18N4O/c1-12-3-4-14(19-7-5-18-15(19)10-16)13(9-12)11-17-6-8-20-2/h3-5,7,9,17H,6,8,11H2,1-2H3. The molecule has 1 aromatic carbocycles. The Labute approximate surface area is 118 Å². The smallest absolute Gasteiger partial charge is 0.217 e. The Morgan fingerprint density at radius 2 is 2.30 bits per heavy atom. The fourth-order valence-corrected chi connectivity index (χ4v) is 2.07. The van der Waals surface area contributed by atoms with Crippen molar-refractivity contribution >= 4 is 0 Å². The highest BCUT2D eigenvalue weighted by molar-refractivity contribution is 5.45. The second kappa shape index (κ2) is 6.85. The van der Waals surface area contributed by atoms with Crippen LogP contribution in [-0.4, -0.2) is 29.8 Å². The largest absolute Gasteiger partial charge is 0.383 e. The van der Waals surface area contributed by atoms with Crippen LogP contribution in [0.1, 0.15) is 17.0 Å². The van der Waals surface area contributed by atoms with E-state index in [2.05, 4.69) is 29.4 Å². The predicted molar refractivity (Wildman–Crippen MR) is 76.6 cm³/mol. The molecule has 1 heterocycles. The summed E-state index contributed by atoms with van der Waals surface area (Å²) >= 11 is 0. The minimum Gasteiger partial charge on any atom is -0.383 e. The van der Waals surface area contributed by atoms with E-state index in [1.165, 1.54) is 5.56 Å². The van der Waals surface area contributed by atoms with E-state index in [-0.39, 0.29) is 0 Å². The molecule has 0 aliphatic carbocycles. The van der Waals surface area contributed by atoms with Gasteiger partial charge in [0.1, 0.15) is 6.07 Å². The first-order valence-electron chi connectivity index (χ1n) is 6.49. The van der Waals surface area contributed by atoms with Crippen LogP contribution in [0.4, 0.5) is 0 Å². The number of imidazole rings is 1. The molecule has 2 aromatic rings. The van der Waals surface area contributed by atoms with Crippen LogP contribution in [0.3, 0.4) is 0 Å². The molecular formula is C15H18N4O. The highest BCUT2D eigenvalue weighted by atomic mass is 16.5. The van der Waals surface area contributed by atoms with Crippen molar-refractivity contribution in [3.05, 3.63) is 47.5 Å². The molecule has 1 N–H and O–H groups in total. The van der Waals surface area contributed by atoms with E-state index in [9.17, 15) is 0 Å². The first-order valence-corrected chi connectivity index (χ1v) is 6.49. The van der Waals surface area contributed by atoms with Gasteiger partial charge in [-0.3, -0.25) is 4.57 Å². The van der Waals surface area contributed by atoms with Crippen LogP contribution in [0, 0.1) is 18.3 Å². The number of aromatic nitrogens is 2. The maximum absolute atomic E-state index is 9.09. The Morgan fingerprint density at radius 1 is 1.45 bits per heavy atom. The molecule has 0 saturated heterocycles. The molecule has 0 unspecified atom stereocenters. The second-order valence-electron chi connectivity index (χ2n) is 4.53. The van der Waals surface area contributed by atoms with E-state index < -0.39 is 0 Å². The van der Waals surface area contributed by atoms with Crippen molar-refractivity contribution in [2.75, 3.05) is 20.3 Å². The Balaban J connectivity index is 2.26. The summed E-state index contributed by atoms with van der Waals surface area (Å²) in [6.07, 6.45) is 3.45. The molecule has 20 heavy (non-hydrogen) atoms. The van der Waals surface area contributed by atoms with Crippen molar-refractivity contribution in [1.29, 1.82) is 5.26 Å². The predicted octanol–water partition coefficient (Wildman–Crippen LogP) is 1.79. The summed E-state index contributed by atoms with van der Waals surface area (Å²) in [6, 6.07) is 8.28. The number of nitrogens with zero attached hydrogens (tertiary/aromatic N) is 3. The van der Waals surface area contributed by atoms with Crippen LogP contribution in [0.5, 0.6) is 0 Å². The quantitative estimate of drug-likeness (QED) is 0.813. The van der Waals surface area contributed by atoms with Gasteiger partial charge >= 0.3 is 0 Å². The lowest BCUT2D eigenvalue weighted by Gasteiger charge is -2.13. The molecule has 0 bridgehead atoms. The van der Waals surface area contributed by atoms with Gasteiger partial charge < -0.3 is 10.1 Å². The van der Waals surface area contributed by atoms with Crippen LogP contribution in [0.15, 0.2) is 30.6 Å². The minimum atomic E-state index is 0.395. The third kappa shape index (κ3) is 3.23. The third-order valence-corrected chi connectivity index (χ3v) is 3.03. The lowest BCUT2D eigenvalue weighted by Crippen LogP contribution is -2.19. The first-order chi connectivity index (χ1) is 9.76. The van der Waals surface area contributed by atoms with Gasteiger partial charge in [0.15, 0.2) is 0 Å². The molecule has 0 atom stereocenters. The number of nitriles is 1. The number of hydrogen-bond donors (Lipinski definition) is 1. The number of hydrogen-bond acceptors (Lipinski definition) is 4. The van der Waals surface area contributed by atoms with Crippen molar-refractivity contribution in [2.45, 2.75) is 13.5 Å². The number of benzene rings is 1. The topological polar surface area (TPSA) is 62.9 Å². The zero-order valence-corrected chi connectivity index (χ0v) is 11.8. The normalized spacial score (nSPS) is 10.4. The van der Waals surface area contributed by atoms with Gasteiger partial charge in [-0.25, -0.2) is 4.98 Å². The highest BCUT2D eigenvalue weighted by Crippen LogP contribution is 2.18. The van der Waals surface area contributed by atoms with E-state index in [1.54, 1.807) is 13.3 Å². The number of aryl methyl sites for hydroxylation is 1. The molecule has 0 saturated carbocycles. The van der Waals surface area contributed by atoms with Crippen molar-refractivity contribution < 1.29 is 4.74 Å². The fourth-order valence-electron chi connectivity index (χ4n) is 2.07. The minimum absolute atomic E-state index is 0.395. The number of ether oxygens (including phenoxy) is 1. The van der Waals surface area contributed by atoms with Crippen molar-refractivity contribution in [3.63, 3.8) is 0 Å². The Morgan fingerprint density at radius 3 is 3.05 bits per heavy atom. The van der Waals surface area contributed by atoms with Crippen molar-refractivity contribution in [2.24, 2.45) is 0 Å². The summed E-state index contributed by atoms with van der Waals surface area (Å²) < 4.78 is 6.83. The number of nitrogens with one attached hydrogen (secondary N) is 1. The van der Waals surface area contributed by atoms with Crippen LogP contribution in [0.2, 0.25) is 0 Å². The molecule has 0 aliphatic heterocycles. The van der Waals surface area contributed by atoms with Crippen LogP contribution < -0.4 is 5.32 Å². The summed E-state index contributed by atoms with van der Waals surface area (Å²) in [5, 5.41) is 12.4. The van der Waals surface area contributed by atoms with Gasteiger partial charge in [0.05, 0.1) is 12.3 Å². The van der Waals surface area contributed by atoms with Gasteiger partial charge in [-0.15, -0.1) is 0 Å². The maximum Gasteiger partial charge on any atom is 0.217 e. The van der Waals surface area contributed by atoms with Crippen LogP contribution in [0.25, 0.3) is 5.69 Å². The van der Waals surface area contributed by atoms with Crippen molar-refractivity contribution in [3.8, 4) is 11.8 Å². The number of rotatable bonds is 6. The lowest BCUT2D eigenvalue weighted by molar-refractivity contribution is 0.199. The van der Waals surface area contributed by atoms with E-state index in [0.29, 0.717) is 12.4 Å². The SMILES string of the molecule is COCCNCc1cc(C)ccc1-n1ccnc1C#N. The third-order valence-electron chi connectivity index (χ3n) is 3.03. The number of methoxy groups -OCH3 is 1. The van der Waals surface area contributed by atoms with Gasteiger partial charge in [-0.05, 0) is 18.6 Å². The molecule has 0 amide bonds. The molecule has 5 nitrogen and oxygen atoms in total. The molecule has 0 fully saturated rings. The Kier molecular flexibility index (Phi) is 4.88. The van der Waals surface area contributed by atoms with Gasteiger partial charge in [-0.1, -0.05) is 17.7 Å². The highest BCUT2D eigenvalue weighted by Gasteiger charge is 2.09. The van der Waals surface area contributed by atoms with Gasteiger partial charge in [0.2, 0.25) is 5.82 Å². The van der Waals surface area contributed by atoms with Crippen LogP contribution in [-0.2, 0) is 11.3 Å². The van der Waals surface area contributed by atoms with E-state index >= 15 is 0 Å². The van der Waals surface area contributed by atoms with E-state index in [4.69, 9.17) is 10.00 Å². The molecule has 104 valence electrons. The molecular weight excluding hydrogens is 252 g/mol. The molecule has 5 heteroatoms. The summed E-state index contributed by atoms with van der Waals surface area (Å²) in [5.74, 6) is 0.395. The fraction of sp³-hybridized carbons (Fsp3) is 0.333. The maximum atomic E-state index is 9.09. The average Bonchev–Trinajstić information content (AvgIpc) is 2.92. The van der Waals surface area contributed by atoms with E-state index in [1.807, 2.05) is 22.9 Å². The second-order valence-corrected chi connectivity index (χ2v) is 4.53.